The molecule has 1 heterocycles. The molecule has 0 fully saturated rings. The molecule has 2 N–H and O–H groups in total. The lowest BCUT2D eigenvalue weighted by Crippen LogP contribution is -1.99. The van der Waals surface area contributed by atoms with Crippen LogP contribution in [0.1, 0.15) is 17.7 Å². The van der Waals surface area contributed by atoms with Crippen LogP contribution >= 0.6 is 0 Å². The van der Waals surface area contributed by atoms with Crippen molar-refractivity contribution in [2.75, 3.05) is 5.73 Å². The van der Waals surface area contributed by atoms with Crippen LogP contribution in [-0.4, -0.2) is 9.97 Å². The van der Waals surface area contributed by atoms with Gasteiger partial charge in [-0.2, -0.15) is 0 Å². The third-order valence-corrected chi connectivity index (χ3v) is 3.44. The van der Waals surface area contributed by atoms with Crippen LogP contribution in [0.4, 0.5) is 5.95 Å². The fraction of sp³-hybridized carbons (Fsp3) is 0.176. The topological polar surface area (TPSA) is 51.8 Å². The number of aromatic nitrogens is 2. The number of aryl methyl sites for hydroxylation is 2. The highest BCUT2D eigenvalue weighted by molar-refractivity contribution is 5.82. The maximum absolute atomic E-state index is 5.58. The number of benzene rings is 2. The predicted molar refractivity (Wildman–Crippen MR) is 82.4 cm³/mol. The van der Waals surface area contributed by atoms with Crippen molar-refractivity contribution >= 4 is 16.7 Å². The monoisotopic (exact) mass is 263 g/mol. The Morgan fingerprint density at radius 3 is 2.60 bits per heavy atom. The number of anilines is 1. The number of hydrogen-bond donors (Lipinski definition) is 1. The number of fused-ring (bicyclic) bond motifs is 1. The molecule has 0 aliphatic carbocycles. The second-order valence-corrected chi connectivity index (χ2v) is 4.94. The molecule has 0 saturated heterocycles. The summed E-state index contributed by atoms with van der Waals surface area (Å²) in [7, 11) is 0. The fourth-order valence-corrected chi connectivity index (χ4v) is 2.42. The van der Waals surface area contributed by atoms with E-state index in [2.05, 4.69) is 52.4 Å². The van der Waals surface area contributed by atoms with Gasteiger partial charge in [-0.3, -0.25) is 0 Å². The molecule has 3 aromatic rings. The Kier molecular flexibility index (Phi) is 3.59. The van der Waals surface area contributed by atoms with Crippen molar-refractivity contribution in [3.63, 3.8) is 0 Å². The van der Waals surface area contributed by atoms with E-state index >= 15 is 0 Å². The van der Waals surface area contributed by atoms with Gasteiger partial charge < -0.3 is 5.73 Å². The summed E-state index contributed by atoms with van der Waals surface area (Å²) in [5.74, 6) is 0.355. The van der Waals surface area contributed by atoms with E-state index in [4.69, 9.17) is 5.73 Å². The van der Waals surface area contributed by atoms with Crippen molar-refractivity contribution in [2.45, 2.75) is 19.3 Å². The average molecular weight is 263 g/mol. The number of nitrogens with two attached hydrogens (primary N) is 1. The first-order valence-electron chi connectivity index (χ1n) is 6.86. The smallest absolute Gasteiger partial charge is 0.220 e. The molecule has 3 nitrogen and oxygen atoms in total. The van der Waals surface area contributed by atoms with Crippen LogP contribution in [0, 0.1) is 0 Å². The average Bonchev–Trinajstić information content (AvgIpc) is 2.47. The normalized spacial score (nSPS) is 10.8. The highest BCUT2D eigenvalue weighted by atomic mass is 15.0. The zero-order valence-electron chi connectivity index (χ0n) is 11.3. The molecule has 100 valence electrons. The van der Waals surface area contributed by atoms with Gasteiger partial charge in [0.25, 0.3) is 0 Å². The molecule has 1 aromatic heterocycles. The van der Waals surface area contributed by atoms with Crippen LogP contribution < -0.4 is 5.73 Å². The molecule has 0 aliphatic heterocycles. The van der Waals surface area contributed by atoms with E-state index < -0.39 is 0 Å². The molecule has 0 saturated carbocycles. The van der Waals surface area contributed by atoms with Crippen molar-refractivity contribution in [1.29, 1.82) is 0 Å². The quantitative estimate of drug-likeness (QED) is 0.785. The van der Waals surface area contributed by atoms with Gasteiger partial charge in [0.1, 0.15) is 0 Å². The molecule has 3 heteroatoms. The van der Waals surface area contributed by atoms with Gasteiger partial charge >= 0.3 is 0 Å². The Hall–Kier alpha value is -2.42. The van der Waals surface area contributed by atoms with Gasteiger partial charge in [0.15, 0.2) is 0 Å². The van der Waals surface area contributed by atoms with Crippen molar-refractivity contribution in [3.05, 3.63) is 66.0 Å². The van der Waals surface area contributed by atoms with Crippen molar-refractivity contribution in [1.82, 2.24) is 9.97 Å². The molecule has 0 amide bonds. The van der Waals surface area contributed by atoms with Gasteiger partial charge in [-0.25, -0.2) is 9.97 Å². The number of nitrogens with zero attached hydrogens (tertiary/aromatic N) is 2. The van der Waals surface area contributed by atoms with Crippen LogP contribution in [0.2, 0.25) is 0 Å². The van der Waals surface area contributed by atoms with Crippen molar-refractivity contribution < 1.29 is 0 Å². The molecule has 0 atom stereocenters. The Morgan fingerprint density at radius 1 is 0.900 bits per heavy atom. The molecule has 0 radical (unpaired) electrons. The predicted octanol–water partition coefficient (Wildman–Crippen LogP) is 3.39. The molecular weight excluding hydrogens is 246 g/mol. The van der Waals surface area contributed by atoms with Gasteiger partial charge in [-0.15, -0.1) is 0 Å². The summed E-state index contributed by atoms with van der Waals surface area (Å²) in [4.78, 5) is 8.13. The summed E-state index contributed by atoms with van der Waals surface area (Å²) in [6.45, 7) is 0. The fourth-order valence-electron chi connectivity index (χ4n) is 2.42. The van der Waals surface area contributed by atoms with E-state index in [1.165, 1.54) is 16.3 Å². The van der Waals surface area contributed by atoms with E-state index in [0.29, 0.717) is 5.95 Å². The molecular formula is C17H17N3. The van der Waals surface area contributed by atoms with Gasteiger partial charge in [0, 0.05) is 11.9 Å². The zero-order chi connectivity index (χ0) is 13.8. The first-order chi connectivity index (χ1) is 9.81. The van der Waals surface area contributed by atoms with E-state index in [1.807, 2.05) is 6.07 Å². The second kappa shape index (κ2) is 5.70. The minimum absolute atomic E-state index is 0.355. The standard InChI is InChI=1S/C17H17N3/c18-17-19-11-10-16(20-17)7-3-4-13-8-9-14-5-1-2-6-15(14)12-13/h1-2,5-6,8-12H,3-4,7H2,(H2,18,19,20). The minimum atomic E-state index is 0.355. The summed E-state index contributed by atoms with van der Waals surface area (Å²) < 4.78 is 0. The van der Waals surface area contributed by atoms with Crippen LogP contribution in [0.3, 0.4) is 0 Å². The lowest BCUT2D eigenvalue weighted by molar-refractivity contribution is 0.797. The third-order valence-electron chi connectivity index (χ3n) is 3.44. The van der Waals surface area contributed by atoms with Gasteiger partial charge in [-0.05, 0) is 41.7 Å². The van der Waals surface area contributed by atoms with Gasteiger partial charge in [0.2, 0.25) is 5.95 Å². The number of rotatable bonds is 4. The van der Waals surface area contributed by atoms with Gasteiger partial charge in [0.05, 0.1) is 0 Å². The van der Waals surface area contributed by atoms with E-state index in [-0.39, 0.29) is 0 Å². The first-order valence-corrected chi connectivity index (χ1v) is 6.86. The van der Waals surface area contributed by atoms with Crippen molar-refractivity contribution in [3.8, 4) is 0 Å². The Bertz CT molecular complexity index is 722. The largest absolute Gasteiger partial charge is 0.368 e. The summed E-state index contributed by atoms with van der Waals surface area (Å²) in [6, 6.07) is 17.0. The van der Waals surface area contributed by atoms with Gasteiger partial charge in [-0.1, -0.05) is 42.5 Å². The maximum atomic E-state index is 5.58. The Labute approximate surface area is 118 Å². The summed E-state index contributed by atoms with van der Waals surface area (Å²) in [5, 5.41) is 2.59. The Balaban J connectivity index is 1.65. The summed E-state index contributed by atoms with van der Waals surface area (Å²) in [5.41, 5.74) is 7.96. The highest BCUT2D eigenvalue weighted by Crippen LogP contribution is 2.17. The molecule has 0 bridgehead atoms. The Morgan fingerprint density at radius 2 is 1.75 bits per heavy atom. The molecule has 0 aliphatic rings. The van der Waals surface area contributed by atoms with Crippen molar-refractivity contribution in [2.24, 2.45) is 0 Å². The lowest BCUT2D eigenvalue weighted by atomic mass is 10.0. The number of nitrogen functional groups attached to an aromatic ring is 1. The van der Waals surface area contributed by atoms with Crippen LogP contribution in [0.5, 0.6) is 0 Å². The maximum Gasteiger partial charge on any atom is 0.220 e. The lowest BCUT2D eigenvalue weighted by Gasteiger charge is -2.04. The molecule has 20 heavy (non-hydrogen) atoms. The van der Waals surface area contributed by atoms with Crippen LogP contribution in [-0.2, 0) is 12.8 Å². The summed E-state index contributed by atoms with van der Waals surface area (Å²) >= 11 is 0. The molecule has 3 rings (SSSR count). The van der Waals surface area contributed by atoms with Crippen LogP contribution in [0.25, 0.3) is 10.8 Å². The SMILES string of the molecule is Nc1nccc(CCCc2ccc3ccccc3c2)n1. The first kappa shape index (κ1) is 12.6. The molecule has 0 unspecified atom stereocenters. The van der Waals surface area contributed by atoms with E-state index in [0.717, 1.165) is 25.0 Å². The molecule has 0 spiro atoms. The van der Waals surface area contributed by atoms with Crippen LogP contribution in [0.15, 0.2) is 54.7 Å². The minimum Gasteiger partial charge on any atom is -0.368 e. The third kappa shape index (κ3) is 2.94. The van der Waals surface area contributed by atoms with E-state index in [1.54, 1.807) is 6.20 Å². The zero-order valence-corrected chi connectivity index (χ0v) is 11.3. The number of hydrogen-bond acceptors (Lipinski definition) is 3. The second-order valence-electron chi connectivity index (χ2n) is 4.94. The molecule has 2 aromatic carbocycles. The highest BCUT2D eigenvalue weighted by Gasteiger charge is 1.99. The summed E-state index contributed by atoms with van der Waals surface area (Å²) in [6.07, 6.45) is 4.76. The van der Waals surface area contributed by atoms with E-state index in [9.17, 15) is 0 Å².